The van der Waals surface area contributed by atoms with E-state index in [-0.39, 0.29) is 29.6 Å². The molecule has 0 spiro atoms. The molecule has 13 heteroatoms. The standard InChI is InChI=1S/C31H34F3N3O6S/c1-18-27-21(12-13-30(18,2)40-3)25(15-23(35-27)28-36-26(17-44-28)31(32,33)34)43-20-10-11-24(37(39)41-4)22(14-20)29(38)42-16-19-8-6-5-7-9-19/h5-9,12-13,15,17-18,20,22,24,39H,10-11,14,16H2,1-4H3/t18?,20-,22+,24+,30?/m0/s1. The monoisotopic (exact) mass is 633 g/mol. The first-order valence-electron chi connectivity index (χ1n) is 14.1. The largest absolute Gasteiger partial charge is 0.490 e. The number of halogens is 3. The highest BCUT2D eigenvalue weighted by atomic mass is 32.1. The minimum atomic E-state index is -4.58. The van der Waals surface area contributed by atoms with Crippen LogP contribution in [0.15, 0.2) is 47.9 Å². The number of aromatic nitrogens is 2. The van der Waals surface area contributed by atoms with Crippen LogP contribution in [0.2, 0.25) is 0 Å². The van der Waals surface area contributed by atoms with Gasteiger partial charge in [-0.05, 0) is 31.7 Å². The molecule has 0 aliphatic heterocycles. The molecule has 0 amide bonds. The van der Waals surface area contributed by atoms with Crippen molar-refractivity contribution in [2.45, 2.75) is 69.6 Å². The summed E-state index contributed by atoms with van der Waals surface area (Å²) in [5.74, 6) is -1.15. The third-order valence-electron chi connectivity index (χ3n) is 8.41. The Bertz CT molecular complexity index is 1500. The second kappa shape index (κ2) is 12.9. The summed E-state index contributed by atoms with van der Waals surface area (Å²) in [6.45, 7) is 3.91. The van der Waals surface area contributed by atoms with Gasteiger partial charge in [-0.3, -0.25) is 14.8 Å². The number of carbonyl (C=O) groups excluding carboxylic acids is 1. The number of benzene rings is 1. The highest BCUT2D eigenvalue weighted by Crippen LogP contribution is 2.44. The van der Waals surface area contributed by atoms with Crippen LogP contribution in [0.3, 0.4) is 0 Å². The van der Waals surface area contributed by atoms with E-state index in [9.17, 15) is 23.2 Å². The van der Waals surface area contributed by atoms with Gasteiger partial charge in [0.05, 0.1) is 36.5 Å². The number of methoxy groups -OCH3 is 1. The average molecular weight is 634 g/mol. The number of thiazole rings is 1. The van der Waals surface area contributed by atoms with Gasteiger partial charge < -0.3 is 14.2 Å². The molecule has 0 bridgehead atoms. The molecule has 1 fully saturated rings. The van der Waals surface area contributed by atoms with E-state index in [1.54, 1.807) is 13.2 Å². The van der Waals surface area contributed by atoms with E-state index in [0.29, 0.717) is 35.1 Å². The van der Waals surface area contributed by atoms with Crippen molar-refractivity contribution in [1.82, 2.24) is 15.2 Å². The lowest BCUT2D eigenvalue weighted by atomic mass is 9.80. The van der Waals surface area contributed by atoms with Crippen molar-refractivity contribution >= 4 is 23.4 Å². The molecule has 1 aromatic carbocycles. The minimum Gasteiger partial charge on any atom is -0.490 e. The van der Waals surface area contributed by atoms with Crippen molar-refractivity contribution in [3.63, 3.8) is 0 Å². The maximum Gasteiger partial charge on any atom is 0.434 e. The SMILES string of the molecule is CON(O)[C@@H]1CC[C@H](Oc2cc(-c3nc(C(F)(F)F)cs3)nc3c2C=CC(C)(OC)C3C)C[C@H]1C(=O)OCc1ccccc1. The number of hydrogen-bond donors (Lipinski definition) is 1. The third kappa shape index (κ3) is 6.66. The quantitative estimate of drug-likeness (QED) is 0.204. The van der Waals surface area contributed by atoms with Gasteiger partial charge in [-0.15, -0.1) is 11.3 Å². The maximum atomic E-state index is 13.4. The number of esters is 1. The number of hydroxylamine groups is 2. The Kier molecular flexibility index (Phi) is 9.42. The third-order valence-corrected chi connectivity index (χ3v) is 9.28. The Morgan fingerprint density at radius 2 is 1.93 bits per heavy atom. The van der Waals surface area contributed by atoms with Crippen LogP contribution in [0, 0.1) is 5.92 Å². The zero-order chi connectivity index (χ0) is 31.6. The van der Waals surface area contributed by atoms with Gasteiger partial charge in [-0.1, -0.05) is 54.6 Å². The van der Waals surface area contributed by atoms with Crippen molar-refractivity contribution < 1.29 is 42.2 Å². The van der Waals surface area contributed by atoms with Gasteiger partial charge >= 0.3 is 12.1 Å². The molecule has 0 radical (unpaired) electrons. The summed E-state index contributed by atoms with van der Waals surface area (Å²) in [6, 6.07) is 10.2. The fourth-order valence-electron chi connectivity index (χ4n) is 5.58. The van der Waals surface area contributed by atoms with E-state index in [4.69, 9.17) is 24.0 Å². The molecular weight excluding hydrogens is 599 g/mol. The molecule has 2 unspecified atom stereocenters. The molecule has 2 heterocycles. The van der Waals surface area contributed by atoms with Gasteiger partial charge in [0, 0.05) is 30.0 Å². The van der Waals surface area contributed by atoms with Gasteiger partial charge in [-0.25, -0.2) is 9.97 Å². The first-order chi connectivity index (χ1) is 20.9. The number of rotatable bonds is 9. The molecule has 5 atom stereocenters. The Labute approximate surface area is 257 Å². The first-order valence-corrected chi connectivity index (χ1v) is 15.0. The van der Waals surface area contributed by atoms with E-state index in [1.165, 1.54) is 7.11 Å². The predicted molar refractivity (Wildman–Crippen MR) is 156 cm³/mol. The molecule has 1 saturated carbocycles. The number of carbonyl (C=O) groups is 1. The predicted octanol–water partition coefficient (Wildman–Crippen LogP) is 6.67. The second-order valence-corrected chi connectivity index (χ2v) is 11.9. The smallest absolute Gasteiger partial charge is 0.434 e. The van der Waals surface area contributed by atoms with Crippen molar-refractivity contribution in [3.8, 4) is 16.5 Å². The van der Waals surface area contributed by atoms with Crippen LogP contribution in [-0.4, -0.2) is 58.3 Å². The van der Waals surface area contributed by atoms with Gasteiger partial charge in [0.2, 0.25) is 0 Å². The number of ether oxygens (including phenoxy) is 3. The lowest BCUT2D eigenvalue weighted by Crippen LogP contribution is -2.47. The Morgan fingerprint density at radius 1 is 1.18 bits per heavy atom. The van der Waals surface area contributed by atoms with E-state index in [2.05, 4.69) is 4.98 Å². The molecule has 2 aliphatic rings. The Hall–Kier alpha value is -3.36. The molecule has 9 nitrogen and oxygen atoms in total. The van der Waals surface area contributed by atoms with E-state index in [1.807, 2.05) is 56.3 Å². The lowest BCUT2D eigenvalue weighted by Gasteiger charge is -2.38. The van der Waals surface area contributed by atoms with Gasteiger partial charge in [-0.2, -0.15) is 13.2 Å². The number of hydrogen-bond acceptors (Lipinski definition) is 10. The van der Waals surface area contributed by atoms with Crippen molar-refractivity contribution in [2.75, 3.05) is 14.2 Å². The second-order valence-electron chi connectivity index (χ2n) is 11.1. The van der Waals surface area contributed by atoms with Crippen LogP contribution < -0.4 is 4.74 Å². The highest BCUT2D eigenvalue weighted by molar-refractivity contribution is 7.13. The van der Waals surface area contributed by atoms with Gasteiger partial charge in [0.25, 0.3) is 0 Å². The molecular formula is C31H34F3N3O6S. The van der Waals surface area contributed by atoms with Gasteiger partial charge in [0.1, 0.15) is 23.1 Å². The zero-order valence-corrected chi connectivity index (χ0v) is 25.5. The van der Waals surface area contributed by atoms with Crippen LogP contribution in [0.5, 0.6) is 5.75 Å². The van der Waals surface area contributed by atoms with E-state index >= 15 is 0 Å². The maximum absolute atomic E-state index is 13.4. The number of fused-ring (bicyclic) bond motifs is 1. The summed E-state index contributed by atoms with van der Waals surface area (Å²) in [5.41, 5.74) is 0.649. The molecule has 3 aromatic rings. The highest BCUT2D eigenvalue weighted by Gasteiger charge is 2.42. The summed E-state index contributed by atoms with van der Waals surface area (Å²) in [4.78, 5) is 26.9. The fraction of sp³-hybridized carbons (Fsp3) is 0.452. The van der Waals surface area contributed by atoms with E-state index < -0.39 is 41.5 Å². The summed E-state index contributed by atoms with van der Waals surface area (Å²) in [6.07, 6.45) is -0.297. The molecule has 2 aliphatic carbocycles. The summed E-state index contributed by atoms with van der Waals surface area (Å²) >= 11 is 0.849. The number of nitrogens with zero attached hydrogens (tertiary/aromatic N) is 3. The van der Waals surface area contributed by atoms with Crippen LogP contribution in [0.1, 0.15) is 61.5 Å². The van der Waals surface area contributed by atoms with Crippen LogP contribution in [-0.2, 0) is 31.9 Å². The van der Waals surface area contributed by atoms with E-state index in [0.717, 1.165) is 22.3 Å². The molecule has 1 N–H and O–H groups in total. The normalized spacial score (nSPS) is 25.1. The summed E-state index contributed by atoms with van der Waals surface area (Å²) in [7, 11) is 2.90. The molecule has 44 heavy (non-hydrogen) atoms. The van der Waals surface area contributed by atoms with Crippen LogP contribution >= 0.6 is 11.3 Å². The minimum absolute atomic E-state index is 0.0722. The summed E-state index contributed by atoms with van der Waals surface area (Å²) < 4.78 is 58.0. The Balaban J connectivity index is 1.45. The molecule has 236 valence electrons. The number of pyridine rings is 1. The van der Waals surface area contributed by atoms with Crippen molar-refractivity contribution in [2.24, 2.45) is 5.92 Å². The molecule has 5 rings (SSSR count). The summed E-state index contributed by atoms with van der Waals surface area (Å²) in [5, 5.41) is 12.1. The first kappa shape index (κ1) is 32.0. The van der Waals surface area contributed by atoms with Gasteiger partial charge in [0.15, 0.2) is 5.69 Å². The van der Waals surface area contributed by atoms with Crippen LogP contribution in [0.4, 0.5) is 13.2 Å². The van der Waals surface area contributed by atoms with Crippen molar-refractivity contribution in [1.29, 1.82) is 0 Å². The number of alkyl halides is 3. The lowest BCUT2D eigenvalue weighted by molar-refractivity contribution is -0.359. The Morgan fingerprint density at radius 3 is 2.59 bits per heavy atom. The topological polar surface area (TPSA) is 103 Å². The molecule has 2 aromatic heterocycles. The van der Waals surface area contributed by atoms with Crippen LogP contribution in [0.25, 0.3) is 16.8 Å². The van der Waals surface area contributed by atoms with Crippen molar-refractivity contribution in [3.05, 3.63) is 70.4 Å². The fourth-order valence-corrected chi connectivity index (χ4v) is 6.36. The zero-order valence-electron chi connectivity index (χ0n) is 24.7. The average Bonchev–Trinajstić information content (AvgIpc) is 3.53. The molecule has 0 saturated heterocycles.